The predicted molar refractivity (Wildman–Crippen MR) is 81.5 cm³/mol. The second kappa shape index (κ2) is 7.28. The third kappa shape index (κ3) is 5.61. The molecule has 0 bridgehead atoms. The second-order valence-corrected chi connectivity index (χ2v) is 5.67. The highest BCUT2D eigenvalue weighted by molar-refractivity contribution is 5.86. The van der Waals surface area contributed by atoms with Crippen molar-refractivity contribution in [2.75, 3.05) is 19.0 Å². The maximum atomic E-state index is 11.9. The molecule has 0 saturated heterocycles. The molecule has 0 unspecified atom stereocenters. The van der Waals surface area contributed by atoms with Crippen LogP contribution in [0.3, 0.4) is 0 Å². The smallest absolute Gasteiger partial charge is 0.412 e. The Labute approximate surface area is 125 Å². The van der Waals surface area contributed by atoms with Crippen molar-refractivity contribution in [3.05, 3.63) is 23.8 Å². The van der Waals surface area contributed by atoms with Gasteiger partial charge >= 0.3 is 6.09 Å². The fraction of sp³-hybridized carbons (Fsp3) is 0.533. The van der Waals surface area contributed by atoms with Crippen LogP contribution in [0.2, 0.25) is 0 Å². The van der Waals surface area contributed by atoms with Crippen molar-refractivity contribution in [3.8, 4) is 5.75 Å². The number of nitrogens with two attached hydrogens (primary N) is 1. The third-order valence-electron chi connectivity index (χ3n) is 2.70. The first kappa shape index (κ1) is 17.3. The number of amides is 1. The van der Waals surface area contributed by atoms with E-state index >= 15 is 0 Å². The molecule has 0 spiro atoms. The zero-order valence-corrected chi connectivity index (χ0v) is 13.0. The van der Waals surface area contributed by atoms with Gasteiger partial charge in [0.15, 0.2) is 0 Å². The Balaban J connectivity index is 2.98. The van der Waals surface area contributed by atoms with Crippen LogP contribution in [0.1, 0.15) is 38.9 Å². The van der Waals surface area contributed by atoms with E-state index in [4.69, 9.17) is 15.2 Å². The molecule has 0 heterocycles. The van der Waals surface area contributed by atoms with Gasteiger partial charge in [-0.15, -0.1) is 0 Å². The van der Waals surface area contributed by atoms with Crippen molar-refractivity contribution < 1.29 is 19.4 Å². The molecule has 1 aromatic carbocycles. The Morgan fingerprint density at radius 1 is 1.43 bits per heavy atom. The number of carbonyl (C=O) groups excluding carboxylic acids is 1. The number of aliphatic hydroxyl groups is 1. The fourth-order valence-electron chi connectivity index (χ4n) is 1.79. The van der Waals surface area contributed by atoms with Crippen molar-refractivity contribution in [2.24, 2.45) is 5.73 Å². The number of aliphatic hydroxyl groups excluding tert-OH is 1. The van der Waals surface area contributed by atoms with Gasteiger partial charge in [0.05, 0.1) is 18.9 Å². The van der Waals surface area contributed by atoms with E-state index in [0.717, 1.165) is 0 Å². The van der Waals surface area contributed by atoms with Gasteiger partial charge in [-0.3, -0.25) is 5.32 Å². The average molecular weight is 296 g/mol. The Hall–Kier alpha value is -1.79. The molecule has 1 rings (SSSR count). The fourth-order valence-corrected chi connectivity index (χ4v) is 1.79. The SMILES string of the molecule is COc1ccc([C@H](O)CCN)c(NC(=O)OC(C)(C)C)c1. The second-order valence-electron chi connectivity index (χ2n) is 5.67. The van der Waals surface area contributed by atoms with E-state index in [1.54, 1.807) is 39.0 Å². The van der Waals surface area contributed by atoms with E-state index in [2.05, 4.69) is 5.32 Å². The molecule has 6 nitrogen and oxygen atoms in total. The van der Waals surface area contributed by atoms with Crippen LogP contribution in [-0.2, 0) is 4.74 Å². The Morgan fingerprint density at radius 3 is 2.62 bits per heavy atom. The topological polar surface area (TPSA) is 93.8 Å². The first-order valence-electron chi connectivity index (χ1n) is 6.83. The highest BCUT2D eigenvalue weighted by atomic mass is 16.6. The Kier molecular flexibility index (Phi) is 5.99. The molecule has 4 N–H and O–H groups in total. The number of carbonyl (C=O) groups is 1. The maximum Gasteiger partial charge on any atom is 0.412 e. The largest absolute Gasteiger partial charge is 0.497 e. The summed E-state index contributed by atoms with van der Waals surface area (Å²) in [7, 11) is 1.53. The third-order valence-corrected chi connectivity index (χ3v) is 2.70. The number of anilines is 1. The highest BCUT2D eigenvalue weighted by Gasteiger charge is 2.19. The number of ether oxygens (including phenoxy) is 2. The van der Waals surface area contributed by atoms with Crippen LogP contribution in [0.4, 0.5) is 10.5 Å². The first-order valence-corrected chi connectivity index (χ1v) is 6.83. The number of hydrogen-bond acceptors (Lipinski definition) is 5. The normalized spacial score (nSPS) is 12.7. The molecule has 1 aromatic rings. The lowest BCUT2D eigenvalue weighted by molar-refractivity contribution is 0.0635. The summed E-state index contributed by atoms with van der Waals surface area (Å²) in [6.45, 7) is 5.69. The van der Waals surface area contributed by atoms with Crippen LogP contribution >= 0.6 is 0 Å². The summed E-state index contributed by atoms with van der Waals surface area (Å²) in [5.41, 5.74) is 5.89. The van der Waals surface area contributed by atoms with Gasteiger partial charge in [-0.25, -0.2) is 4.79 Å². The van der Waals surface area contributed by atoms with Crippen molar-refractivity contribution in [2.45, 2.75) is 38.9 Å². The van der Waals surface area contributed by atoms with Gasteiger partial charge in [-0.05, 0) is 39.8 Å². The minimum atomic E-state index is -0.758. The molecular weight excluding hydrogens is 272 g/mol. The Morgan fingerprint density at radius 2 is 2.10 bits per heavy atom. The number of rotatable bonds is 5. The molecule has 0 radical (unpaired) electrons. The van der Waals surface area contributed by atoms with E-state index in [1.807, 2.05) is 0 Å². The molecule has 6 heteroatoms. The van der Waals surface area contributed by atoms with Crippen LogP contribution in [-0.4, -0.2) is 30.5 Å². The van der Waals surface area contributed by atoms with Crippen molar-refractivity contribution in [3.63, 3.8) is 0 Å². The van der Waals surface area contributed by atoms with Crippen LogP contribution in [0, 0.1) is 0 Å². The predicted octanol–water partition coefficient (Wildman–Crippen LogP) is 2.42. The highest BCUT2D eigenvalue weighted by Crippen LogP contribution is 2.29. The van der Waals surface area contributed by atoms with Gasteiger partial charge in [0.1, 0.15) is 11.4 Å². The number of nitrogens with one attached hydrogen (secondary N) is 1. The molecule has 0 aliphatic carbocycles. The molecule has 21 heavy (non-hydrogen) atoms. The molecule has 0 aliphatic rings. The zero-order valence-electron chi connectivity index (χ0n) is 13.0. The lowest BCUT2D eigenvalue weighted by Gasteiger charge is -2.21. The summed E-state index contributed by atoms with van der Waals surface area (Å²) in [6, 6.07) is 5.06. The van der Waals surface area contributed by atoms with Crippen molar-refractivity contribution in [1.29, 1.82) is 0 Å². The van der Waals surface area contributed by atoms with Crippen molar-refractivity contribution in [1.82, 2.24) is 0 Å². The molecular formula is C15H24N2O4. The van der Waals surface area contributed by atoms with Crippen LogP contribution in [0.5, 0.6) is 5.75 Å². The molecule has 0 aliphatic heterocycles. The minimum absolute atomic E-state index is 0.346. The quantitative estimate of drug-likeness (QED) is 0.776. The van der Waals surface area contributed by atoms with E-state index in [9.17, 15) is 9.90 Å². The number of hydrogen-bond donors (Lipinski definition) is 3. The lowest BCUT2D eigenvalue weighted by Crippen LogP contribution is -2.27. The van der Waals surface area contributed by atoms with E-state index in [1.165, 1.54) is 7.11 Å². The summed E-state index contributed by atoms with van der Waals surface area (Å²) in [5, 5.41) is 12.7. The van der Waals surface area contributed by atoms with Gasteiger partial charge in [0.25, 0.3) is 0 Å². The first-order chi connectivity index (χ1) is 9.76. The molecule has 0 aromatic heterocycles. The summed E-state index contributed by atoms with van der Waals surface area (Å²) < 4.78 is 10.3. The molecule has 1 amide bonds. The Bertz CT molecular complexity index is 483. The maximum absolute atomic E-state index is 11.9. The molecule has 0 saturated carbocycles. The van der Waals surface area contributed by atoms with Gasteiger partial charge < -0.3 is 20.3 Å². The molecule has 0 fully saturated rings. The van der Waals surface area contributed by atoms with Crippen LogP contribution in [0.15, 0.2) is 18.2 Å². The van der Waals surface area contributed by atoms with Gasteiger partial charge in [-0.1, -0.05) is 6.07 Å². The van der Waals surface area contributed by atoms with Gasteiger partial charge in [-0.2, -0.15) is 0 Å². The number of benzene rings is 1. The van der Waals surface area contributed by atoms with E-state index in [0.29, 0.717) is 30.0 Å². The minimum Gasteiger partial charge on any atom is -0.497 e. The van der Waals surface area contributed by atoms with Gasteiger partial charge in [0.2, 0.25) is 0 Å². The van der Waals surface area contributed by atoms with E-state index in [-0.39, 0.29) is 0 Å². The molecule has 1 atom stereocenters. The van der Waals surface area contributed by atoms with Crippen LogP contribution < -0.4 is 15.8 Å². The van der Waals surface area contributed by atoms with E-state index < -0.39 is 17.8 Å². The monoisotopic (exact) mass is 296 g/mol. The van der Waals surface area contributed by atoms with Crippen LogP contribution in [0.25, 0.3) is 0 Å². The average Bonchev–Trinajstić information content (AvgIpc) is 2.36. The number of methoxy groups -OCH3 is 1. The van der Waals surface area contributed by atoms with Gasteiger partial charge in [0, 0.05) is 11.6 Å². The standard InChI is InChI=1S/C15H24N2O4/c1-15(2,3)21-14(19)17-12-9-10(20-4)5-6-11(12)13(18)7-8-16/h5-6,9,13,18H,7-8,16H2,1-4H3,(H,17,19)/t13-/m1/s1. The zero-order chi connectivity index (χ0) is 16.0. The lowest BCUT2D eigenvalue weighted by atomic mass is 10.0. The summed E-state index contributed by atoms with van der Waals surface area (Å²) in [5.74, 6) is 0.574. The molecule has 118 valence electrons. The summed E-state index contributed by atoms with van der Waals surface area (Å²) in [4.78, 5) is 11.9. The summed E-state index contributed by atoms with van der Waals surface area (Å²) >= 11 is 0. The summed E-state index contributed by atoms with van der Waals surface area (Å²) in [6.07, 6.45) is -0.946. The van der Waals surface area contributed by atoms with Crippen molar-refractivity contribution >= 4 is 11.8 Å².